The minimum absolute atomic E-state index is 0.0158. The maximum Gasteiger partial charge on any atom is 0.224 e. The molecule has 0 fully saturated rings. The summed E-state index contributed by atoms with van der Waals surface area (Å²) in [5.74, 6) is 0.672. The predicted molar refractivity (Wildman–Crippen MR) is 88.0 cm³/mol. The molecule has 1 rings (SSSR count). The van der Waals surface area contributed by atoms with Crippen molar-refractivity contribution in [1.29, 1.82) is 0 Å². The molecule has 122 valence electrons. The summed E-state index contributed by atoms with van der Waals surface area (Å²) >= 11 is 0. The number of hydrogen-bond donors (Lipinski definition) is 2. The summed E-state index contributed by atoms with van der Waals surface area (Å²) in [5, 5.41) is 5.61. The highest BCUT2D eigenvalue weighted by molar-refractivity contribution is 5.91. The van der Waals surface area contributed by atoms with Gasteiger partial charge >= 0.3 is 0 Å². The second-order valence-electron chi connectivity index (χ2n) is 5.81. The van der Waals surface area contributed by atoms with Crippen LogP contribution in [0.4, 0.5) is 5.69 Å². The van der Waals surface area contributed by atoms with Crippen molar-refractivity contribution in [2.45, 2.75) is 59.1 Å². The minimum Gasteiger partial charge on any atom is -0.491 e. The molecule has 0 saturated carbocycles. The molecule has 0 unspecified atom stereocenters. The molecule has 0 radical (unpaired) electrons. The Morgan fingerprint density at radius 3 is 2.14 bits per heavy atom. The number of nitrogens with one attached hydrogen (secondary N) is 2. The van der Waals surface area contributed by atoms with Gasteiger partial charge in [0.15, 0.2) is 0 Å². The molecular weight excluding hydrogens is 280 g/mol. The Balaban J connectivity index is 2.31. The van der Waals surface area contributed by atoms with Crippen LogP contribution in [0.25, 0.3) is 0 Å². The topological polar surface area (TPSA) is 67.4 Å². The summed E-state index contributed by atoms with van der Waals surface area (Å²) in [5.41, 5.74) is 0.729. The molecule has 0 spiro atoms. The Labute approximate surface area is 132 Å². The zero-order valence-corrected chi connectivity index (χ0v) is 13.8. The van der Waals surface area contributed by atoms with Crippen molar-refractivity contribution in [1.82, 2.24) is 5.32 Å². The third-order valence-electron chi connectivity index (χ3n) is 2.77. The quantitative estimate of drug-likeness (QED) is 0.775. The Morgan fingerprint density at radius 1 is 1.00 bits per heavy atom. The molecule has 1 aromatic rings. The molecule has 5 nitrogen and oxygen atoms in total. The van der Waals surface area contributed by atoms with Gasteiger partial charge in [0.05, 0.1) is 6.10 Å². The lowest BCUT2D eigenvalue weighted by atomic mass is 10.2. The van der Waals surface area contributed by atoms with Crippen LogP contribution >= 0.6 is 0 Å². The summed E-state index contributed by atoms with van der Waals surface area (Å²) < 4.78 is 5.54. The predicted octanol–water partition coefficient (Wildman–Crippen LogP) is 3.11. The first-order valence-electron chi connectivity index (χ1n) is 7.72. The van der Waals surface area contributed by atoms with Gasteiger partial charge in [0.25, 0.3) is 0 Å². The zero-order chi connectivity index (χ0) is 16.5. The highest BCUT2D eigenvalue weighted by Crippen LogP contribution is 2.17. The average Bonchev–Trinajstić information content (AvgIpc) is 2.39. The van der Waals surface area contributed by atoms with Gasteiger partial charge in [-0.25, -0.2) is 0 Å². The maximum absolute atomic E-state index is 11.8. The van der Waals surface area contributed by atoms with E-state index in [0.717, 1.165) is 11.4 Å². The lowest BCUT2D eigenvalue weighted by molar-refractivity contribution is -0.121. The second kappa shape index (κ2) is 9.07. The number of benzene rings is 1. The van der Waals surface area contributed by atoms with Crippen molar-refractivity contribution in [2.24, 2.45) is 0 Å². The van der Waals surface area contributed by atoms with Crippen LogP contribution in [0.15, 0.2) is 24.3 Å². The normalized spacial score (nSPS) is 10.6. The number of rotatable bonds is 8. The molecule has 0 atom stereocenters. The number of ether oxygens (including phenoxy) is 1. The molecule has 0 saturated heterocycles. The highest BCUT2D eigenvalue weighted by Gasteiger charge is 2.07. The molecule has 0 aliphatic heterocycles. The van der Waals surface area contributed by atoms with Crippen molar-refractivity contribution in [2.75, 3.05) is 5.32 Å². The minimum atomic E-state index is -0.0881. The highest BCUT2D eigenvalue weighted by atomic mass is 16.5. The molecule has 5 heteroatoms. The molecule has 2 N–H and O–H groups in total. The van der Waals surface area contributed by atoms with Crippen LogP contribution in [0.1, 0.15) is 47.0 Å². The summed E-state index contributed by atoms with van der Waals surface area (Å²) in [6.07, 6.45) is 1.36. The first kappa shape index (κ1) is 18.0. The molecule has 0 aliphatic carbocycles. The van der Waals surface area contributed by atoms with E-state index in [2.05, 4.69) is 10.6 Å². The van der Waals surface area contributed by atoms with E-state index in [4.69, 9.17) is 4.74 Å². The smallest absolute Gasteiger partial charge is 0.224 e. The van der Waals surface area contributed by atoms with Gasteiger partial charge in [0, 0.05) is 24.6 Å². The zero-order valence-electron chi connectivity index (χ0n) is 13.8. The van der Waals surface area contributed by atoms with Crippen LogP contribution in [-0.4, -0.2) is 24.0 Å². The molecular formula is C17H26N2O3. The van der Waals surface area contributed by atoms with Crippen molar-refractivity contribution >= 4 is 17.5 Å². The summed E-state index contributed by atoms with van der Waals surface area (Å²) in [4.78, 5) is 23.3. The van der Waals surface area contributed by atoms with E-state index in [1.54, 1.807) is 12.1 Å². The maximum atomic E-state index is 11.8. The van der Waals surface area contributed by atoms with Crippen LogP contribution in [0.2, 0.25) is 0 Å². The first-order valence-corrected chi connectivity index (χ1v) is 7.72. The van der Waals surface area contributed by atoms with E-state index in [0.29, 0.717) is 19.3 Å². The molecule has 0 heterocycles. The Bertz CT molecular complexity index is 481. The fourth-order valence-electron chi connectivity index (χ4n) is 1.92. The average molecular weight is 306 g/mol. The van der Waals surface area contributed by atoms with Crippen LogP contribution in [0, 0.1) is 0 Å². The van der Waals surface area contributed by atoms with Gasteiger partial charge in [-0.3, -0.25) is 9.59 Å². The number of hydrogen-bond acceptors (Lipinski definition) is 3. The van der Waals surface area contributed by atoms with E-state index < -0.39 is 0 Å². The number of anilines is 1. The van der Waals surface area contributed by atoms with E-state index in [1.165, 1.54) is 0 Å². The fourth-order valence-corrected chi connectivity index (χ4v) is 1.92. The van der Waals surface area contributed by atoms with Crippen LogP contribution in [0.3, 0.4) is 0 Å². The van der Waals surface area contributed by atoms with Crippen molar-refractivity contribution < 1.29 is 14.3 Å². The third kappa shape index (κ3) is 7.67. The van der Waals surface area contributed by atoms with Gasteiger partial charge in [-0.15, -0.1) is 0 Å². The summed E-state index contributed by atoms with van der Waals surface area (Å²) in [6, 6.07) is 7.40. The van der Waals surface area contributed by atoms with E-state index in [-0.39, 0.29) is 24.0 Å². The Morgan fingerprint density at radius 2 is 1.59 bits per heavy atom. The molecule has 0 aromatic heterocycles. The van der Waals surface area contributed by atoms with Crippen molar-refractivity contribution in [3.8, 4) is 5.75 Å². The van der Waals surface area contributed by atoms with Crippen LogP contribution < -0.4 is 15.4 Å². The van der Waals surface area contributed by atoms with Gasteiger partial charge in [-0.05, 0) is 58.4 Å². The molecule has 2 amide bonds. The molecule has 1 aromatic carbocycles. The number of carbonyl (C=O) groups is 2. The molecule has 0 aliphatic rings. The standard InChI is InChI=1S/C17H26N2O3/c1-12(2)18-16(20)6-5-7-17(21)19-14-8-10-15(11-9-14)22-13(3)4/h8-13H,5-7H2,1-4H3,(H,18,20)(H,19,21). The SMILES string of the molecule is CC(C)NC(=O)CCCC(=O)Nc1ccc(OC(C)C)cc1. The van der Waals surface area contributed by atoms with Crippen LogP contribution in [-0.2, 0) is 9.59 Å². The molecule has 22 heavy (non-hydrogen) atoms. The van der Waals surface area contributed by atoms with E-state index in [1.807, 2.05) is 39.8 Å². The van der Waals surface area contributed by atoms with Crippen LogP contribution in [0.5, 0.6) is 5.75 Å². The first-order chi connectivity index (χ1) is 10.4. The van der Waals surface area contributed by atoms with Gasteiger partial charge in [-0.2, -0.15) is 0 Å². The molecule has 0 bridgehead atoms. The third-order valence-corrected chi connectivity index (χ3v) is 2.77. The van der Waals surface area contributed by atoms with Crippen molar-refractivity contribution in [3.63, 3.8) is 0 Å². The lowest BCUT2D eigenvalue weighted by Crippen LogP contribution is -2.30. The monoisotopic (exact) mass is 306 g/mol. The van der Waals surface area contributed by atoms with Crippen molar-refractivity contribution in [3.05, 3.63) is 24.3 Å². The van der Waals surface area contributed by atoms with Gasteiger partial charge in [-0.1, -0.05) is 0 Å². The lowest BCUT2D eigenvalue weighted by Gasteiger charge is -2.11. The van der Waals surface area contributed by atoms with E-state index in [9.17, 15) is 9.59 Å². The van der Waals surface area contributed by atoms with Gasteiger partial charge < -0.3 is 15.4 Å². The summed E-state index contributed by atoms with van der Waals surface area (Å²) in [7, 11) is 0. The summed E-state index contributed by atoms with van der Waals surface area (Å²) in [6.45, 7) is 7.75. The Kier molecular flexibility index (Phi) is 7.43. The van der Waals surface area contributed by atoms with Gasteiger partial charge in [0.1, 0.15) is 5.75 Å². The Hall–Kier alpha value is -2.04. The van der Waals surface area contributed by atoms with Gasteiger partial charge in [0.2, 0.25) is 11.8 Å². The largest absolute Gasteiger partial charge is 0.491 e. The number of amides is 2. The number of carbonyl (C=O) groups excluding carboxylic acids is 2. The second-order valence-corrected chi connectivity index (χ2v) is 5.81. The fraction of sp³-hybridized carbons (Fsp3) is 0.529. The van der Waals surface area contributed by atoms with E-state index >= 15 is 0 Å².